The molecule has 0 fully saturated rings. The molecule has 92 valence electrons. The zero-order valence-electron chi connectivity index (χ0n) is 8.61. The molecule has 0 spiro atoms. The molecule has 0 aliphatic carbocycles. The van der Waals surface area contributed by atoms with E-state index in [0.717, 1.165) is 12.1 Å². The number of carbonyl (C=O) groups is 2. The highest BCUT2D eigenvalue weighted by molar-refractivity contribution is 5.94. The molecule has 4 N–H and O–H groups in total. The van der Waals surface area contributed by atoms with Gasteiger partial charge in [0.25, 0.3) is 5.91 Å². The van der Waals surface area contributed by atoms with Crippen LogP contribution in [-0.4, -0.2) is 29.6 Å². The highest BCUT2D eigenvalue weighted by atomic mass is 19.2. The molecular weight excluding hydrogens is 234 g/mol. The van der Waals surface area contributed by atoms with Crippen molar-refractivity contribution >= 4 is 11.8 Å². The quantitative estimate of drug-likeness (QED) is 0.669. The number of aliphatic hydroxyl groups excluding tert-OH is 1. The zero-order valence-corrected chi connectivity index (χ0v) is 8.61. The molecule has 0 heterocycles. The van der Waals surface area contributed by atoms with E-state index in [-0.39, 0.29) is 5.56 Å². The summed E-state index contributed by atoms with van der Waals surface area (Å²) in [6.45, 7) is -0.396. The molecule has 5 nitrogen and oxygen atoms in total. The standard InChI is InChI=1S/C10H10F2N2O3/c11-6-2-1-5(3-7(6)12)10(17)14-4-8(15)9(13)16/h1-3,8,15H,4H2,(H2,13,16)(H,14,17). The van der Waals surface area contributed by atoms with E-state index in [9.17, 15) is 18.4 Å². The molecule has 1 aromatic rings. The third-order valence-electron chi connectivity index (χ3n) is 1.97. The maximum Gasteiger partial charge on any atom is 0.251 e. The third-order valence-corrected chi connectivity index (χ3v) is 1.97. The summed E-state index contributed by atoms with van der Waals surface area (Å²) in [4.78, 5) is 21.8. The van der Waals surface area contributed by atoms with Crippen molar-refractivity contribution in [3.63, 3.8) is 0 Å². The minimum Gasteiger partial charge on any atom is -0.381 e. The summed E-state index contributed by atoms with van der Waals surface area (Å²) < 4.78 is 25.4. The topological polar surface area (TPSA) is 92.4 Å². The molecule has 0 radical (unpaired) electrons. The van der Waals surface area contributed by atoms with E-state index in [0.29, 0.717) is 6.07 Å². The van der Waals surface area contributed by atoms with E-state index < -0.39 is 36.1 Å². The molecular formula is C10H10F2N2O3. The second-order valence-electron chi connectivity index (χ2n) is 3.26. The average Bonchev–Trinajstić information content (AvgIpc) is 2.28. The average molecular weight is 244 g/mol. The van der Waals surface area contributed by atoms with Crippen LogP contribution < -0.4 is 11.1 Å². The Morgan fingerprint density at radius 3 is 2.53 bits per heavy atom. The fourth-order valence-electron chi connectivity index (χ4n) is 1.03. The summed E-state index contributed by atoms with van der Waals surface area (Å²) in [5, 5.41) is 11.1. The Kier molecular flexibility index (Phi) is 4.11. The van der Waals surface area contributed by atoms with Crippen LogP contribution in [0.15, 0.2) is 18.2 Å². The molecule has 7 heteroatoms. The van der Waals surface area contributed by atoms with E-state index in [1.54, 1.807) is 0 Å². The van der Waals surface area contributed by atoms with Crippen molar-refractivity contribution in [3.05, 3.63) is 35.4 Å². The van der Waals surface area contributed by atoms with Crippen molar-refractivity contribution in [1.29, 1.82) is 0 Å². The molecule has 0 saturated heterocycles. The first-order valence-electron chi connectivity index (χ1n) is 4.62. The number of benzene rings is 1. The molecule has 1 unspecified atom stereocenters. The predicted molar refractivity (Wildman–Crippen MR) is 53.9 cm³/mol. The largest absolute Gasteiger partial charge is 0.381 e. The molecule has 0 saturated carbocycles. The Morgan fingerprint density at radius 2 is 2.00 bits per heavy atom. The van der Waals surface area contributed by atoms with Crippen LogP contribution in [0, 0.1) is 11.6 Å². The SMILES string of the molecule is NC(=O)C(O)CNC(=O)c1ccc(F)c(F)c1. The number of hydrogen-bond acceptors (Lipinski definition) is 3. The molecule has 1 aromatic carbocycles. The van der Waals surface area contributed by atoms with Crippen LogP contribution in [-0.2, 0) is 4.79 Å². The lowest BCUT2D eigenvalue weighted by atomic mass is 10.2. The van der Waals surface area contributed by atoms with E-state index in [1.807, 2.05) is 0 Å². The fraction of sp³-hybridized carbons (Fsp3) is 0.200. The molecule has 0 aromatic heterocycles. The van der Waals surface area contributed by atoms with Crippen molar-refractivity contribution in [1.82, 2.24) is 5.32 Å². The van der Waals surface area contributed by atoms with E-state index in [2.05, 4.69) is 5.32 Å². The van der Waals surface area contributed by atoms with Crippen molar-refractivity contribution in [2.24, 2.45) is 5.73 Å². The number of primary amides is 1. The lowest BCUT2D eigenvalue weighted by Gasteiger charge is -2.08. The second kappa shape index (κ2) is 5.35. The van der Waals surface area contributed by atoms with Gasteiger partial charge in [-0.3, -0.25) is 9.59 Å². The number of aliphatic hydroxyl groups is 1. The van der Waals surface area contributed by atoms with Crippen molar-refractivity contribution < 1.29 is 23.5 Å². The van der Waals surface area contributed by atoms with Gasteiger partial charge >= 0.3 is 0 Å². The number of hydrogen-bond donors (Lipinski definition) is 3. The van der Waals surface area contributed by atoms with Crippen LogP contribution in [0.2, 0.25) is 0 Å². The van der Waals surface area contributed by atoms with Crippen molar-refractivity contribution in [2.75, 3.05) is 6.54 Å². The monoisotopic (exact) mass is 244 g/mol. The number of rotatable bonds is 4. The van der Waals surface area contributed by atoms with Crippen LogP contribution in [0.25, 0.3) is 0 Å². The Bertz CT molecular complexity index is 451. The summed E-state index contributed by atoms with van der Waals surface area (Å²) in [7, 11) is 0. The van der Waals surface area contributed by atoms with Gasteiger partial charge in [-0.15, -0.1) is 0 Å². The van der Waals surface area contributed by atoms with Crippen LogP contribution in [0.4, 0.5) is 8.78 Å². The number of nitrogens with two attached hydrogens (primary N) is 1. The molecule has 0 bridgehead atoms. The number of halogens is 2. The van der Waals surface area contributed by atoms with E-state index in [1.165, 1.54) is 0 Å². The van der Waals surface area contributed by atoms with Gasteiger partial charge in [0.2, 0.25) is 5.91 Å². The molecule has 2 amide bonds. The summed E-state index contributed by atoms with van der Waals surface area (Å²) >= 11 is 0. The van der Waals surface area contributed by atoms with Crippen molar-refractivity contribution in [3.8, 4) is 0 Å². The Morgan fingerprint density at radius 1 is 1.35 bits per heavy atom. The number of nitrogens with one attached hydrogen (secondary N) is 1. The van der Waals surface area contributed by atoms with Gasteiger partial charge in [0, 0.05) is 5.56 Å². The van der Waals surface area contributed by atoms with Gasteiger partial charge in [0.1, 0.15) is 6.10 Å². The van der Waals surface area contributed by atoms with E-state index in [4.69, 9.17) is 10.8 Å². The second-order valence-corrected chi connectivity index (χ2v) is 3.26. The first kappa shape index (κ1) is 13.0. The molecule has 1 atom stereocenters. The summed E-state index contributed by atoms with van der Waals surface area (Å²) in [5.41, 5.74) is 4.63. The van der Waals surface area contributed by atoms with Gasteiger partial charge in [-0.25, -0.2) is 8.78 Å². The normalized spacial score (nSPS) is 11.9. The number of amides is 2. The van der Waals surface area contributed by atoms with Crippen molar-refractivity contribution in [2.45, 2.75) is 6.10 Å². The van der Waals surface area contributed by atoms with Crippen LogP contribution in [0.3, 0.4) is 0 Å². The Labute approximate surface area is 95.2 Å². The van der Waals surface area contributed by atoms with Gasteiger partial charge < -0.3 is 16.2 Å². The minimum atomic E-state index is -1.52. The first-order chi connectivity index (χ1) is 7.91. The summed E-state index contributed by atoms with van der Waals surface area (Å²) in [5.74, 6) is -3.97. The van der Waals surface area contributed by atoms with Gasteiger partial charge in [-0.1, -0.05) is 0 Å². The van der Waals surface area contributed by atoms with Crippen LogP contribution in [0.1, 0.15) is 10.4 Å². The lowest BCUT2D eigenvalue weighted by molar-refractivity contribution is -0.125. The zero-order chi connectivity index (χ0) is 13.0. The third kappa shape index (κ3) is 3.49. The minimum absolute atomic E-state index is 0.124. The van der Waals surface area contributed by atoms with Crippen LogP contribution in [0.5, 0.6) is 0 Å². The van der Waals surface area contributed by atoms with Gasteiger partial charge in [0.05, 0.1) is 6.54 Å². The number of carbonyl (C=O) groups excluding carboxylic acids is 2. The summed E-state index contributed by atoms with van der Waals surface area (Å²) in [6.07, 6.45) is -1.52. The first-order valence-corrected chi connectivity index (χ1v) is 4.62. The van der Waals surface area contributed by atoms with Crippen LogP contribution >= 0.6 is 0 Å². The summed E-state index contributed by atoms with van der Waals surface area (Å²) in [6, 6.07) is 2.58. The fourth-order valence-corrected chi connectivity index (χ4v) is 1.03. The molecule has 1 rings (SSSR count). The van der Waals surface area contributed by atoms with Gasteiger partial charge in [-0.2, -0.15) is 0 Å². The molecule has 17 heavy (non-hydrogen) atoms. The Hall–Kier alpha value is -2.02. The van der Waals surface area contributed by atoms with Gasteiger partial charge in [0.15, 0.2) is 11.6 Å². The highest BCUT2D eigenvalue weighted by Gasteiger charge is 2.14. The highest BCUT2D eigenvalue weighted by Crippen LogP contribution is 2.08. The lowest BCUT2D eigenvalue weighted by Crippen LogP contribution is -2.40. The predicted octanol–water partition coefficient (Wildman–Crippen LogP) is -0.459. The molecule has 0 aliphatic rings. The maximum absolute atomic E-state index is 12.8. The molecule has 0 aliphatic heterocycles. The van der Waals surface area contributed by atoms with Gasteiger partial charge in [-0.05, 0) is 18.2 Å². The smallest absolute Gasteiger partial charge is 0.251 e. The van der Waals surface area contributed by atoms with E-state index >= 15 is 0 Å². The maximum atomic E-state index is 12.8. The Balaban J connectivity index is 2.64.